The number of phenols is 1. The van der Waals surface area contributed by atoms with Crippen LogP contribution in [0.2, 0.25) is 0 Å². The summed E-state index contributed by atoms with van der Waals surface area (Å²) in [5.41, 5.74) is 0.104. The van der Waals surface area contributed by atoms with E-state index in [2.05, 4.69) is 0 Å². The van der Waals surface area contributed by atoms with Gasteiger partial charge in [0, 0.05) is 6.42 Å². The van der Waals surface area contributed by atoms with Gasteiger partial charge in [-0.15, -0.1) is 0 Å². The molecule has 14 heavy (non-hydrogen) atoms. The minimum atomic E-state index is -1.26. The van der Waals surface area contributed by atoms with Crippen LogP contribution in [0.1, 0.15) is 24.8 Å². The van der Waals surface area contributed by atoms with E-state index in [-0.39, 0.29) is 17.9 Å². The van der Waals surface area contributed by atoms with E-state index in [1.54, 1.807) is 6.92 Å². The van der Waals surface area contributed by atoms with Gasteiger partial charge in [0.15, 0.2) is 11.6 Å². The maximum atomic E-state index is 13.2. The van der Waals surface area contributed by atoms with Crippen molar-refractivity contribution >= 4 is 6.29 Å². The van der Waals surface area contributed by atoms with E-state index in [0.29, 0.717) is 6.29 Å². The highest BCUT2D eigenvalue weighted by Gasteiger charge is 2.16. The van der Waals surface area contributed by atoms with Crippen LogP contribution in [0.3, 0.4) is 0 Å². The number of rotatable bonds is 3. The van der Waals surface area contributed by atoms with Crippen molar-refractivity contribution in [3.8, 4) is 5.75 Å². The molecular weight excluding hydrogens is 190 g/mol. The minimum Gasteiger partial charge on any atom is -0.505 e. The molecule has 1 unspecified atom stereocenters. The first-order chi connectivity index (χ1) is 6.57. The second kappa shape index (κ2) is 4.17. The first kappa shape index (κ1) is 10.6. The maximum absolute atomic E-state index is 13.2. The quantitative estimate of drug-likeness (QED) is 0.760. The molecule has 0 spiro atoms. The summed E-state index contributed by atoms with van der Waals surface area (Å²) >= 11 is 0. The van der Waals surface area contributed by atoms with Gasteiger partial charge in [0.25, 0.3) is 0 Å². The molecule has 0 saturated heterocycles. The molecule has 0 aliphatic heterocycles. The lowest BCUT2D eigenvalue weighted by Crippen LogP contribution is -2.00. The summed E-state index contributed by atoms with van der Waals surface area (Å²) < 4.78 is 26.1. The van der Waals surface area contributed by atoms with Crippen LogP contribution in [0.5, 0.6) is 5.75 Å². The zero-order valence-corrected chi connectivity index (χ0v) is 7.63. The van der Waals surface area contributed by atoms with Gasteiger partial charge in [-0.25, -0.2) is 4.39 Å². The molecule has 4 heteroatoms. The number of hydrogen-bond donors (Lipinski definition) is 1. The van der Waals surface area contributed by atoms with Gasteiger partial charge < -0.3 is 9.90 Å². The Kier molecular flexibility index (Phi) is 3.17. The molecule has 0 radical (unpaired) electrons. The van der Waals surface area contributed by atoms with Crippen LogP contribution in [0.25, 0.3) is 0 Å². The van der Waals surface area contributed by atoms with E-state index < -0.39 is 17.4 Å². The predicted octanol–water partition coefficient (Wildman–Crippen LogP) is 2.36. The zero-order chi connectivity index (χ0) is 10.7. The molecule has 2 nitrogen and oxygen atoms in total. The van der Waals surface area contributed by atoms with Crippen molar-refractivity contribution in [1.29, 1.82) is 0 Å². The Balaban J connectivity index is 3.10. The van der Waals surface area contributed by atoms with E-state index in [0.717, 1.165) is 6.07 Å². The second-order valence-corrected chi connectivity index (χ2v) is 3.11. The Labute approximate surface area is 80.2 Å². The fourth-order valence-electron chi connectivity index (χ4n) is 1.21. The number of hydrogen-bond acceptors (Lipinski definition) is 2. The average Bonchev–Trinajstić information content (AvgIpc) is 2.15. The topological polar surface area (TPSA) is 37.3 Å². The second-order valence-electron chi connectivity index (χ2n) is 3.11. The molecular formula is C10H10F2O2. The van der Waals surface area contributed by atoms with Crippen molar-refractivity contribution in [2.45, 2.75) is 19.3 Å². The predicted molar refractivity (Wildman–Crippen MR) is 47.1 cm³/mol. The molecule has 0 amide bonds. The lowest BCUT2D eigenvalue weighted by Gasteiger charge is -2.10. The number of benzene rings is 1. The molecule has 0 saturated carbocycles. The molecule has 0 heterocycles. The summed E-state index contributed by atoms with van der Waals surface area (Å²) in [7, 11) is 0. The number of aromatic hydroxyl groups is 1. The fraction of sp³-hybridized carbons (Fsp3) is 0.300. The van der Waals surface area contributed by atoms with Crippen molar-refractivity contribution < 1.29 is 18.7 Å². The highest BCUT2D eigenvalue weighted by molar-refractivity contribution is 5.51. The van der Waals surface area contributed by atoms with E-state index in [4.69, 9.17) is 5.11 Å². The van der Waals surface area contributed by atoms with Crippen LogP contribution in [-0.2, 0) is 4.79 Å². The van der Waals surface area contributed by atoms with Gasteiger partial charge >= 0.3 is 0 Å². The summed E-state index contributed by atoms with van der Waals surface area (Å²) in [4.78, 5) is 10.2. The van der Waals surface area contributed by atoms with Crippen molar-refractivity contribution in [3.05, 3.63) is 29.3 Å². The smallest absolute Gasteiger partial charge is 0.200 e. The Morgan fingerprint density at radius 2 is 2.07 bits per heavy atom. The fourth-order valence-corrected chi connectivity index (χ4v) is 1.21. The highest BCUT2D eigenvalue weighted by Crippen LogP contribution is 2.27. The molecule has 1 aromatic carbocycles. The zero-order valence-electron chi connectivity index (χ0n) is 7.63. The Bertz CT molecular complexity index is 350. The number of carbonyl (C=O) groups excluding carboxylic acids is 1. The lowest BCUT2D eigenvalue weighted by atomic mass is 9.97. The van der Waals surface area contributed by atoms with Gasteiger partial charge in [-0.2, -0.15) is 4.39 Å². The molecule has 1 atom stereocenters. The molecule has 76 valence electrons. The summed E-state index contributed by atoms with van der Waals surface area (Å²) in [5, 5.41) is 8.85. The van der Waals surface area contributed by atoms with Crippen molar-refractivity contribution in [2.75, 3.05) is 0 Å². The third-order valence-electron chi connectivity index (χ3n) is 2.07. The minimum absolute atomic E-state index is 0.104. The van der Waals surface area contributed by atoms with Gasteiger partial charge in [-0.3, -0.25) is 0 Å². The third kappa shape index (κ3) is 1.89. The maximum Gasteiger partial charge on any atom is 0.200 e. The van der Waals surface area contributed by atoms with Crippen molar-refractivity contribution in [3.63, 3.8) is 0 Å². The number of aldehydes is 1. The van der Waals surface area contributed by atoms with Crippen molar-refractivity contribution in [2.24, 2.45) is 0 Å². The van der Waals surface area contributed by atoms with Crippen molar-refractivity contribution in [1.82, 2.24) is 0 Å². The third-order valence-corrected chi connectivity index (χ3v) is 2.07. The van der Waals surface area contributed by atoms with E-state index >= 15 is 0 Å². The Hall–Kier alpha value is -1.45. The number of phenolic OH excluding ortho intramolecular Hbond substituents is 1. The standard InChI is InChI=1S/C10H10F2O2/c1-6(4-5-13)7-2-3-8(14)10(12)9(7)11/h2-3,5-6,14H,4H2,1H3. The van der Waals surface area contributed by atoms with Gasteiger partial charge in [0.05, 0.1) is 0 Å². The SMILES string of the molecule is CC(CC=O)c1ccc(O)c(F)c1F. The monoisotopic (exact) mass is 200 g/mol. The summed E-state index contributed by atoms with van der Waals surface area (Å²) in [5.74, 6) is -3.45. The van der Waals surface area contributed by atoms with Gasteiger partial charge in [0.2, 0.25) is 5.82 Å². The van der Waals surface area contributed by atoms with E-state index in [1.807, 2.05) is 0 Å². The van der Waals surface area contributed by atoms with Crippen LogP contribution < -0.4 is 0 Å². The van der Waals surface area contributed by atoms with Crippen LogP contribution in [0.4, 0.5) is 8.78 Å². The molecule has 1 N–H and O–H groups in total. The van der Waals surface area contributed by atoms with Gasteiger partial charge in [-0.1, -0.05) is 13.0 Å². The summed E-state index contributed by atoms with van der Waals surface area (Å²) in [6.45, 7) is 1.61. The average molecular weight is 200 g/mol. The first-order valence-electron chi connectivity index (χ1n) is 4.18. The normalized spacial score (nSPS) is 12.5. The van der Waals surface area contributed by atoms with Gasteiger partial charge in [-0.05, 0) is 17.5 Å². The molecule has 1 rings (SSSR count). The molecule has 0 bridgehead atoms. The van der Waals surface area contributed by atoms with Crippen LogP contribution >= 0.6 is 0 Å². The molecule has 0 aromatic heterocycles. The first-order valence-corrected chi connectivity index (χ1v) is 4.18. The largest absolute Gasteiger partial charge is 0.505 e. The van der Waals surface area contributed by atoms with Crippen LogP contribution in [0.15, 0.2) is 12.1 Å². The summed E-state index contributed by atoms with van der Waals surface area (Å²) in [6, 6.07) is 2.36. The summed E-state index contributed by atoms with van der Waals surface area (Å²) in [6.07, 6.45) is 0.774. The van der Waals surface area contributed by atoms with Crippen LogP contribution in [-0.4, -0.2) is 11.4 Å². The van der Waals surface area contributed by atoms with Crippen LogP contribution in [0, 0.1) is 11.6 Å². The lowest BCUT2D eigenvalue weighted by molar-refractivity contribution is -0.108. The molecule has 0 fully saturated rings. The van der Waals surface area contributed by atoms with Gasteiger partial charge in [0.1, 0.15) is 6.29 Å². The molecule has 1 aromatic rings. The Morgan fingerprint density at radius 1 is 1.43 bits per heavy atom. The van der Waals surface area contributed by atoms with E-state index in [1.165, 1.54) is 6.07 Å². The molecule has 0 aliphatic carbocycles. The molecule has 0 aliphatic rings. The highest BCUT2D eigenvalue weighted by atomic mass is 19.2. The number of halogens is 2. The van der Waals surface area contributed by atoms with E-state index in [9.17, 15) is 13.6 Å². The Morgan fingerprint density at radius 3 is 2.64 bits per heavy atom. The number of carbonyl (C=O) groups is 1.